The average Bonchev–Trinajstić information content (AvgIpc) is 2.25. The predicted octanol–water partition coefficient (Wildman–Crippen LogP) is 2.61. The van der Waals surface area contributed by atoms with Crippen molar-refractivity contribution in [3.05, 3.63) is 35.9 Å². The zero-order valence-corrected chi connectivity index (χ0v) is 8.28. The van der Waals surface area contributed by atoms with Crippen molar-refractivity contribution >= 4 is 0 Å². The maximum atomic E-state index is 12.1. The number of aliphatic hydroxyl groups is 1. The number of nitriles is 1. The van der Waals surface area contributed by atoms with Gasteiger partial charge in [0, 0.05) is 6.42 Å². The second-order valence-electron chi connectivity index (χ2n) is 3.39. The molecule has 0 radical (unpaired) electrons. The van der Waals surface area contributed by atoms with Crippen LogP contribution in [0.1, 0.15) is 17.9 Å². The van der Waals surface area contributed by atoms with E-state index in [0.717, 1.165) is 0 Å². The van der Waals surface area contributed by atoms with E-state index in [1.165, 1.54) is 0 Å². The van der Waals surface area contributed by atoms with Gasteiger partial charge < -0.3 is 5.11 Å². The molecule has 0 amide bonds. The molecule has 2 atom stereocenters. The zero-order valence-electron chi connectivity index (χ0n) is 8.28. The van der Waals surface area contributed by atoms with Crippen LogP contribution >= 0.6 is 0 Å². The molecule has 86 valence electrons. The first-order valence-electron chi connectivity index (χ1n) is 4.64. The van der Waals surface area contributed by atoms with Crippen LogP contribution in [0.2, 0.25) is 0 Å². The Morgan fingerprint density at radius 2 is 1.81 bits per heavy atom. The molecule has 0 bridgehead atoms. The molecule has 5 heteroatoms. The van der Waals surface area contributed by atoms with Gasteiger partial charge in [-0.05, 0) is 5.56 Å². The van der Waals surface area contributed by atoms with E-state index in [1.807, 2.05) is 0 Å². The summed E-state index contributed by atoms with van der Waals surface area (Å²) in [4.78, 5) is 0. The van der Waals surface area contributed by atoms with E-state index in [-0.39, 0.29) is 0 Å². The Hall–Kier alpha value is -1.54. The minimum Gasteiger partial charge on any atom is -0.384 e. The minimum absolute atomic E-state index is 0.480. The largest absolute Gasteiger partial charge is 0.414 e. The number of hydrogen-bond acceptors (Lipinski definition) is 2. The van der Waals surface area contributed by atoms with Gasteiger partial charge in [0.25, 0.3) is 0 Å². The fourth-order valence-corrected chi connectivity index (χ4v) is 1.31. The minimum atomic E-state index is -4.68. The normalized spacial score (nSPS) is 15.2. The van der Waals surface area contributed by atoms with E-state index in [9.17, 15) is 13.2 Å². The van der Waals surface area contributed by atoms with Crippen LogP contribution in [0.4, 0.5) is 13.2 Å². The SMILES string of the molecule is N#CC(C[C@H](O)C(F)(F)F)c1ccccc1. The van der Waals surface area contributed by atoms with Crippen LogP contribution in [0.5, 0.6) is 0 Å². The molecule has 0 saturated carbocycles. The molecule has 1 unspecified atom stereocenters. The quantitative estimate of drug-likeness (QED) is 0.865. The van der Waals surface area contributed by atoms with Gasteiger partial charge in [0.1, 0.15) is 0 Å². The maximum absolute atomic E-state index is 12.1. The van der Waals surface area contributed by atoms with Crippen LogP contribution in [-0.4, -0.2) is 17.4 Å². The van der Waals surface area contributed by atoms with Crippen molar-refractivity contribution in [1.29, 1.82) is 5.26 Å². The molecular formula is C11H10F3NO. The van der Waals surface area contributed by atoms with Crippen molar-refractivity contribution in [1.82, 2.24) is 0 Å². The van der Waals surface area contributed by atoms with Gasteiger partial charge in [-0.3, -0.25) is 0 Å². The van der Waals surface area contributed by atoms with Crippen molar-refractivity contribution in [2.45, 2.75) is 24.6 Å². The summed E-state index contributed by atoms with van der Waals surface area (Å²) < 4.78 is 36.3. The molecule has 1 rings (SSSR count). The lowest BCUT2D eigenvalue weighted by molar-refractivity contribution is -0.205. The number of aliphatic hydroxyl groups excluding tert-OH is 1. The number of nitrogens with zero attached hydrogens (tertiary/aromatic N) is 1. The Kier molecular flexibility index (Phi) is 3.91. The van der Waals surface area contributed by atoms with Gasteiger partial charge in [-0.25, -0.2) is 0 Å². The molecule has 2 nitrogen and oxygen atoms in total. The van der Waals surface area contributed by atoms with Crippen molar-refractivity contribution in [3.63, 3.8) is 0 Å². The van der Waals surface area contributed by atoms with Gasteiger partial charge in [0.15, 0.2) is 6.10 Å². The summed E-state index contributed by atoms with van der Waals surface area (Å²) in [6, 6.07) is 9.88. The molecule has 0 aliphatic rings. The van der Waals surface area contributed by atoms with Crippen molar-refractivity contribution in [2.75, 3.05) is 0 Å². The van der Waals surface area contributed by atoms with E-state index < -0.39 is 24.6 Å². The number of halogens is 3. The van der Waals surface area contributed by atoms with Gasteiger partial charge in [-0.2, -0.15) is 18.4 Å². The van der Waals surface area contributed by atoms with E-state index >= 15 is 0 Å². The molecule has 16 heavy (non-hydrogen) atoms. The fourth-order valence-electron chi connectivity index (χ4n) is 1.31. The number of alkyl halides is 3. The summed E-state index contributed by atoms with van der Waals surface area (Å²) in [5, 5.41) is 17.6. The summed E-state index contributed by atoms with van der Waals surface area (Å²) in [5.74, 6) is -0.946. The predicted molar refractivity (Wildman–Crippen MR) is 51.5 cm³/mol. The maximum Gasteiger partial charge on any atom is 0.414 e. The van der Waals surface area contributed by atoms with E-state index in [1.54, 1.807) is 36.4 Å². The number of hydrogen-bond donors (Lipinski definition) is 1. The van der Waals surface area contributed by atoms with Gasteiger partial charge in [0.05, 0.1) is 12.0 Å². The van der Waals surface area contributed by atoms with Crippen LogP contribution in [0.15, 0.2) is 30.3 Å². The third-order valence-electron chi connectivity index (χ3n) is 2.19. The van der Waals surface area contributed by atoms with Crippen LogP contribution in [0.25, 0.3) is 0 Å². The summed E-state index contributed by atoms with van der Waals surface area (Å²) in [7, 11) is 0. The third kappa shape index (κ3) is 3.24. The Labute approximate surface area is 90.9 Å². The third-order valence-corrected chi connectivity index (χ3v) is 2.19. The van der Waals surface area contributed by atoms with E-state index in [2.05, 4.69) is 0 Å². The molecule has 0 aliphatic heterocycles. The van der Waals surface area contributed by atoms with Crippen molar-refractivity contribution in [3.8, 4) is 6.07 Å². The van der Waals surface area contributed by atoms with Crippen LogP contribution in [0.3, 0.4) is 0 Å². The first kappa shape index (κ1) is 12.5. The molecule has 0 aromatic heterocycles. The highest BCUT2D eigenvalue weighted by Crippen LogP contribution is 2.28. The molecule has 0 saturated heterocycles. The summed E-state index contributed by atoms with van der Waals surface area (Å²) in [6.07, 6.45) is -7.77. The molecule has 1 N–H and O–H groups in total. The zero-order chi connectivity index (χ0) is 12.2. The topological polar surface area (TPSA) is 44.0 Å². The summed E-state index contributed by atoms with van der Waals surface area (Å²) >= 11 is 0. The second kappa shape index (κ2) is 4.99. The van der Waals surface area contributed by atoms with Crippen LogP contribution in [-0.2, 0) is 0 Å². The van der Waals surface area contributed by atoms with Crippen molar-refractivity contribution < 1.29 is 18.3 Å². The summed E-state index contributed by atoms with van der Waals surface area (Å²) in [6.45, 7) is 0. The lowest BCUT2D eigenvalue weighted by Gasteiger charge is -2.17. The van der Waals surface area contributed by atoms with Gasteiger partial charge in [0.2, 0.25) is 0 Å². The smallest absolute Gasteiger partial charge is 0.384 e. The van der Waals surface area contributed by atoms with Crippen LogP contribution < -0.4 is 0 Å². The standard InChI is InChI=1S/C11H10F3NO/c12-11(13,14)10(16)6-9(7-15)8-4-2-1-3-5-8/h1-5,9-10,16H,6H2/t9?,10-/m0/s1. The molecule has 0 fully saturated rings. The lowest BCUT2D eigenvalue weighted by atomic mass is 9.94. The highest BCUT2D eigenvalue weighted by Gasteiger charge is 2.39. The van der Waals surface area contributed by atoms with Gasteiger partial charge in [-0.15, -0.1) is 0 Å². The van der Waals surface area contributed by atoms with Crippen molar-refractivity contribution in [2.24, 2.45) is 0 Å². The number of benzene rings is 1. The fraction of sp³-hybridized carbons (Fsp3) is 0.364. The Bertz CT molecular complexity index is 369. The molecule has 1 aromatic carbocycles. The Morgan fingerprint density at radius 1 is 1.25 bits per heavy atom. The summed E-state index contributed by atoms with van der Waals surface area (Å²) in [5.41, 5.74) is 0.480. The van der Waals surface area contributed by atoms with Gasteiger partial charge >= 0.3 is 6.18 Å². The van der Waals surface area contributed by atoms with Gasteiger partial charge in [-0.1, -0.05) is 30.3 Å². The number of rotatable bonds is 3. The Balaban J connectivity index is 2.76. The van der Waals surface area contributed by atoms with Crippen LogP contribution in [0, 0.1) is 11.3 Å². The first-order chi connectivity index (χ1) is 7.45. The molecule has 0 spiro atoms. The Morgan fingerprint density at radius 3 is 2.25 bits per heavy atom. The van der Waals surface area contributed by atoms with E-state index in [4.69, 9.17) is 10.4 Å². The molecule has 1 aromatic rings. The molecule has 0 aliphatic carbocycles. The lowest BCUT2D eigenvalue weighted by Crippen LogP contribution is -2.30. The average molecular weight is 229 g/mol. The second-order valence-corrected chi connectivity index (χ2v) is 3.39. The molecule has 0 heterocycles. The highest BCUT2D eigenvalue weighted by molar-refractivity contribution is 5.24. The first-order valence-corrected chi connectivity index (χ1v) is 4.64. The monoisotopic (exact) mass is 229 g/mol. The van der Waals surface area contributed by atoms with E-state index in [0.29, 0.717) is 5.56 Å². The highest BCUT2D eigenvalue weighted by atomic mass is 19.4. The molecular weight excluding hydrogens is 219 g/mol.